The summed E-state index contributed by atoms with van der Waals surface area (Å²) >= 11 is 3.37. The summed E-state index contributed by atoms with van der Waals surface area (Å²) in [6.45, 7) is 1.95. The van der Waals surface area contributed by atoms with Crippen molar-refractivity contribution < 1.29 is 24.2 Å². The van der Waals surface area contributed by atoms with Crippen molar-refractivity contribution in [3.63, 3.8) is 0 Å². The first-order valence-corrected chi connectivity index (χ1v) is 10.9. The van der Waals surface area contributed by atoms with Crippen LogP contribution in [0.5, 0.6) is 11.5 Å². The van der Waals surface area contributed by atoms with Crippen LogP contribution in [-0.4, -0.2) is 47.3 Å². The lowest BCUT2D eigenvalue weighted by molar-refractivity contribution is -0.139. The summed E-state index contributed by atoms with van der Waals surface area (Å²) in [6.07, 6.45) is 1.77. The van der Waals surface area contributed by atoms with Crippen molar-refractivity contribution in [1.82, 2.24) is 4.90 Å². The van der Waals surface area contributed by atoms with Gasteiger partial charge in [-0.05, 0) is 77.2 Å². The zero-order chi connectivity index (χ0) is 21.7. The molecule has 1 aliphatic rings. The molecule has 3 rings (SSSR count). The number of aliphatic imine (C=N–C) groups is 1. The number of hydrogen-bond acceptors (Lipinski definition) is 6. The number of halogens is 1. The molecule has 1 N–H and O–H groups in total. The van der Waals surface area contributed by atoms with Crippen LogP contribution in [0, 0.1) is 3.57 Å². The quantitative estimate of drug-likeness (QED) is 0.416. The van der Waals surface area contributed by atoms with Gasteiger partial charge >= 0.3 is 5.97 Å². The highest BCUT2D eigenvalue weighted by atomic mass is 127. The summed E-state index contributed by atoms with van der Waals surface area (Å²) in [5.41, 5.74) is 1.52. The molecule has 1 aliphatic heterocycles. The maximum absolute atomic E-state index is 12.9. The molecule has 1 heterocycles. The highest BCUT2D eigenvalue weighted by molar-refractivity contribution is 14.1. The van der Waals surface area contributed by atoms with Crippen LogP contribution in [0.25, 0.3) is 6.08 Å². The smallest absolute Gasteiger partial charge is 0.341 e. The summed E-state index contributed by atoms with van der Waals surface area (Å²) in [5, 5.41) is 9.48. The number of amidine groups is 1. The van der Waals surface area contributed by atoms with Crippen LogP contribution in [0.2, 0.25) is 0 Å². The summed E-state index contributed by atoms with van der Waals surface area (Å²) in [5.74, 6) is -0.431. The number of likely N-dealkylation sites (N-methyl/N-ethyl adjacent to an activating group) is 1. The molecule has 0 unspecified atom stereocenters. The topological polar surface area (TPSA) is 88.4 Å². The van der Waals surface area contributed by atoms with Crippen molar-refractivity contribution in [2.24, 2.45) is 4.99 Å². The fourth-order valence-corrected chi connectivity index (χ4v) is 4.58. The molecule has 0 radical (unpaired) electrons. The van der Waals surface area contributed by atoms with E-state index in [0.717, 1.165) is 11.3 Å². The van der Waals surface area contributed by atoms with E-state index in [4.69, 9.17) is 14.6 Å². The first-order valence-electron chi connectivity index (χ1n) is 9.00. The van der Waals surface area contributed by atoms with E-state index in [1.807, 2.05) is 43.3 Å². The molecule has 1 saturated heterocycles. The van der Waals surface area contributed by atoms with Gasteiger partial charge < -0.3 is 14.6 Å². The zero-order valence-corrected chi connectivity index (χ0v) is 19.3. The van der Waals surface area contributed by atoms with Crippen LogP contribution in [0.15, 0.2) is 52.4 Å². The number of ether oxygens (including phenoxy) is 2. The van der Waals surface area contributed by atoms with Gasteiger partial charge in [-0.2, -0.15) is 0 Å². The van der Waals surface area contributed by atoms with E-state index in [-0.39, 0.29) is 5.91 Å². The third kappa shape index (κ3) is 5.14. The Hall–Kier alpha value is -2.53. The minimum Gasteiger partial charge on any atom is -0.493 e. The first-order chi connectivity index (χ1) is 14.4. The van der Waals surface area contributed by atoms with Crippen LogP contribution in [0.1, 0.15) is 12.5 Å². The summed E-state index contributed by atoms with van der Waals surface area (Å²) in [7, 11) is 1.48. The van der Waals surface area contributed by atoms with Gasteiger partial charge in [0.25, 0.3) is 5.91 Å². The number of carbonyl (C=O) groups excluding carboxylic acids is 1. The molecule has 30 heavy (non-hydrogen) atoms. The Balaban J connectivity index is 1.92. The summed E-state index contributed by atoms with van der Waals surface area (Å²) in [4.78, 5) is 30.4. The number of carboxylic acid groups (broad SMARTS) is 1. The number of carbonyl (C=O) groups is 2. The molecular formula is C21H19IN2O5S. The van der Waals surface area contributed by atoms with Gasteiger partial charge in [-0.1, -0.05) is 18.2 Å². The second-order valence-corrected chi connectivity index (χ2v) is 8.28. The second-order valence-electron chi connectivity index (χ2n) is 6.11. The largest absolute Gasteiger partial charge is 0.493 e. The van der Waals surface area contributed by atoms with Crippen LogP contribution >= 0.6 is 34.4 Å². The number of aliphatic carboxylic acids is 1. The predicted molar refractivity (Wildman–Crippen MR) is 125 cm³/mol. The van der Waals surface area contributed by atoms with E-state index in [2.05, 4.69) is 27.6 Å². The van der Waals surface area contributed by atoms with Crippen LogP contribution < -0.4 is 9.47 Å². The van der Waals surface area contributed by atoms with Gasteiger partial charge in [0.2, 0.25) is 0 Å². The molecule has 0 bridgehead atoms. The first kappa shape index (κ1) is 22.2. The van der Waals surface area contributed by atoms with Gasteiger partial charge in [0.15, 0.2) is 23.3 Å². The molecule has 7 nitrogen and oxygen atoms in total. The molecule has 1 fully saturated rings. The number of carboxylic acids is 1. The number of benzene rings is 2. The Morgan fingerprint density at radius 2 is 2.03 bits per heavy atom. The molecule has 9 heteroatoms. The van der Waals surface area contributed by atoms with Crippen molar-refractivity contribution in [2.45, 2.75) is 6.92 Å². The molecule has 0 spiro atoms. The lowest BCUT2D eigenvalue weighted by Crippen LogP contribution is -2.28. The average molecular weight is 538 g/mol. The minimum absolute atomic E-state index is 0.114. The Morgan fingerprint density at radius 1 is 1.30 bits per heavy atom. The number of para-hydroxylation sites is 1. The van der Waals surface area contributed by atoms with Gasteiger partial charge in [0, 0.05) is 6.54 Å². The van der Waals surface area contributed by atoms with Crippen molar-refractivity contribution >= 4 is 63.2 Å². The molecule has 1 amide bonds. The fraction of sp³-hybridized carbons (Fsp3) is 0.190. The third-order valence-electron chi connectivity index (χ3n) is 4.07. The SMILES string of the molecule is CCN1C(=O)/C(=C/c2cc(I)c(OCC(=O)O)c(OC)c2)SC1=Nc1ccccc1. The van der Waals surface area contributed by atoms with Gasteiger partial charge in [-0.25, -0.2) is 9.79 Å². The van der Waals surface area contributed by atoms with E-state index in [1.54, 1.807) is 17.0 Å². The van der Waals surface area contributed by atoms with E-state index >= 15 is 0 Å². The van der Waals surface area contributed by atoms with E-state index < -0.39 is 12.6 Å². The van der Waals surface area contributed by atoms with Crippen LogP contribution in [0.4, 0.5) is 5.69 Å². The zero-order valence-electron chi connectivity index (χ0n) is 16.3. The highest BCUT2D eigenvalue weighted by Gasteiger charge is 2.32. The number of hydrogen-bond donors (Lipinski definition) is 1. The Kier molecular flexibility index (Phi) is 7.38. The Morgan fingerprint density at radius 3 is 2.67 bits per heavy atom. The van der Waals surface area contributed by atoms with E-state index in [9.17, 15) is 9.59 Å². The van der Waals surface area contributed by atoms with Gasteiger partial charge in [-0.3, -0.25) is 9.69 Å². The lowest BCUT2D eigenvalue weighted by atomic mass is 10.2. The molecule has 156 valence electrons. The van der Waals surface area contributed by atoms with Gasteiger partial charge in [0.05, 0.1) is 21.3 Å². The van der Waals surface area contributed by atoms with Crippen molar-refractivity contribution in [3.8, 4) is 11.5 Å². The monoisotopic (exact) mass is 538 g/mol. The standard InChI is InChI=1S/C21H19IN2O5S/c1-3-24-20(27)17(30-21(24)23-14-7-5-4-6-8-14)11-13-9-15(22)19(16(10-13)28-2)29-12-18(25)26/h4-11H,3,12H2,1-2H3,(H,25,26)/b17-11-,23-21?. The molecule has 2 aromatic carbocycles. The van der Waals surface area contributed by atoms with E-state index in [0.29, 0.717) is 31.7 Å². The second kappa shape index (κ2) is 9.98. The average Bonchev–Trinajstić information content (AvgIpc) is 3.01. The van der Waals surface area contributed by atoms with Gasteiger partial charge in [-0.15, -0.1) is 0 Å². The molecular weight excluding hydrogens is 519 g/mol. The summed E-state index contributed by atoms with van der Waals surface area (Å²) < 4.78 is 11.4. The maximum Gasteiger partial charge on any atom is 0.341 e. The molecule has 0 saturated carbocycles. The van der Waals surface area contributed by atoms with Crippen molar-refractivity contribution in [2.75, 3.05) is 20.3 Å². The van der Waals surface area contributed by atoms with Crippen molar-refractivity contribution in [1.29, 1.82) is 0 Å². The molecule has 0 aromatic heterocycles. The van der Waals surface area contributed by atoms with Crippen LogP contribution in [-0.2, 0) is 9.59 Å². The maximum atomic E-state index is 12.9. The number of methoxy groups -OCH3 is 1. The van der Waals surface area contributed by atoms with E-state index in [1.165, 1.54) is 18.9 Å². The fourth-order valence-electron chi connectivity index (χ4n) is 2.73. The van der Waals surface area contributed by atoms with Crippen molar-refractivity contribution in [3.05, 3.63) is 56.5 Å². The number of amides is 1. The highest BCUT2D eigenvalue weighted by Crippen LogP contribution is 2.37. The summed E-state index contributed by atoms with van der Waals surface area (Å²) in [6, 6.07) is 13.0. The number of thioether (sulfide) groups is 1. The Bertz CT molecular complexity index is 1020. The predicted octanol–water partition coefficient (Wildman–Crippen LogP) is 4.39. The molecule has 0 atom stereocenters. The Labute approximate surface area is 191 Å². The normalized spacial score (nSPS) is 16.4. The number of nitrogens with zero attached hydrogens (tertiary/aromatic N) is 2. The third-order valence-corrected chi connectivity index (χ3v) is 5.88. The molecule has 2 aromatic rings. The van der Waals surface area contributed by atoms with Gasteiger partial charge in [0.1, 0.15) is 0 Å². The minimum atomic E-state index is -1.07. The van der Waals surface area contributed by atoms with Crippen LogP contribution in [0.3, 0.4) is 0 Å². The lowest BCUT2D eigenvalue weighted by Gasteiger charge is -2.12. The molecule has 0 aliphatic carbocycles. The number of rotatable bonds is 7.